The zero-order valence-corrected chi connectivity index (χ0v) is 9.02. The Morgan fingerprint density at radius 2 is 2.31 bits per heavy atom. The predicted octanol–water partition coefficient (Wildman–Crippen LogP) is 0.948. The van der Waals surface area contributed by atoms with E-state index >= 15 is 0 Å². The lowest BCUT2D eigenvalue weighted by Crippen LogP contribution is -2.22. The number of hydrogen-bond donors (Lipinski definition) is 1. The van der Waals surface area contributed by atoms with Crippen LogP contribution in [0.15, 0.2) is 27.9 Å². The van der Waals surface area contributed by atoms with Crippen molar-refractivity contribution in [2.75, 3.05) is 6.61 Å². The van der Waals surface area contributed by atoms with E-state index in [2.05, 4.69) is 15.3 Å². The highest BCUT2D eigenvalue weighted by molar-refractivity contribution is 6.35. The summed E-state index contributed by atoms with van der Waals surface area (Å²) < 4.78 is 9.52. The quantitative estimate of drug-likeness (QED) is 0.469. The highest BCUT2D eigenvalue weighted by Gasteiger charge is 2.10. The summed E-state index contributed by atoms with van der Waals surface area (Å²) in [6.07, 6.45) is 1.37. The van der Waals surface area contributed by atoms with Gasteiger partial charge in [0.15, 0.2) is 5.76 Å². The van der Waals surface area contributed by atoms with Crippen molar-refractivity contribution >= 4 is 17.6 Å². The maximum absolute atomic E-state index is 11.3. The molecule has 1 amide bonds. The molecule has 0 atom stereocenters. The maximum Gasteiger partial charge on any atom is 0.354 e. The van der Waals surface area contributed by atoms with Crippen LogP contribution in [0.4, 0.5) is 0 Å². The third-order valence-electron chi connectivity index (χ3n) is 1.64. The van der Waals surface area contributed by atoms with Crippen LogP contribution in [0, 0.1) is 0 Å². The van der Waals surface area contributed by atoms with Crippen LogP contribution < -0.4 is 5.43 Å². The molecule has 1 rings (SSSR count). The van der Waals surface area contributed by atoms with Gasteiger partial charge in [0.25, 0.3) is 0 Å². The summed E-state index contributed by atoms with van der Waals surface area (Å²) in [6, 6.07) is 3.07. The van der Waals surface area contributed by atoms with Crippen LogP contribution in [-0.2, 0) is 9.53 Å². The Bertz CT molecular complexity index is 395. The van der Waals surface area contributed by atoms with Crippen molar-refractivity contribution < 1.29 is 18.7 Å². The first kappa shape index (κ1) is 12.0. The molecule has 0 radical (unpaired) electrons. The molecule has 16 heavy (non-hydrogen) atoms. The molecule has 0 saturated heterocycles. The lowest BCUT2D eigenvalue weighted by Gasteiger charge is -2.00. The van der Waals surface area contributed by atoms with Gasteiger partial charge in [-0.05, 0) is 26.0 Å². The van der Waals surface area contributed by atoms with Gasteiger partial charge < -0.3 is 9.15 Å². The molecule has 0 saturated carbocycles. The molecule has 6 heteroatoms. The second-order valence-corrected chi connectivity index (χ2v) is 2.84. The van der Waals surface area contributed by atoms with Crippen molar-refractivity contribution in [1.82, 2.24) is 5.43 Å². The number of carbonyl (C=O) groups is 2. The molecular weight excluding hydrogens is 212 g/mol. The summed E-state index contributed by atoms with van der Waals surface area (Å²) in [4.78, 5) is 22.4. The highest BCUT2D eigenvalue weighted by atomic mass is 16.5. The van der Waals surface area contributed by atoms with Gasteiger partial charge >= 0.3 is 11.9 Å². The van der Waals surface area contributed by atoms with E-state index in [9.17, 15) is 9.59 Å². The van der Waals surface area contributed by atoms with Gasteiger partial charge in [-0.15, -0.1) is 0 Å². The number of nitrogens with one attached hydrogen (secondary N) is 1. The van der Waals surface area contributed by atoms with Gasteiger partial charge in [-0.3, -0.25) is 4.79 Å². The first-order chi connectivity index (χ1) is 7.65. The van der Waals surface area contributed by atoms with E-state index in [4.69, 9.17) is 4.42 Å². The van der Waals surface area contributed by atoms with Gasteiger partial charge in [-0.1, -0.05) is 0 Å². The molecular formula is C10H12N2O4. The largest absolute Gasteiger partial charge is 0.461 e. The second-order valence-electron chi connectivity index (χ2n) is 2.84. The molecule has 1 heterocycles. The lowest BCUT2D eigenvalue weighted by atomic mass is 10.4. The number of esters is 1. The van der Waals surface area contributed by atoms with Gasteiger partial charge in [-0.2, -0.15) is 5.10 Å². The Morgan fingerprint density at radius 3 is 2.88 bits per heavy atom. The molecule has 0 aromatic carbocycles. The second kappa shape index (κ2) is 5.69. The van der Waals surface area contributed by atoms with E-state index in [0.29, 0.717) is 0 Å². The van der Waals surface area contributed by atoms with Crippen molar-refractivity contribution in [2.24, 2.45) is 5.10 Å². The van der Waals surface area contributed by atoms with Crippen LogP contribution in [0.3, 0.4) is 0 Å². The number of ether oxygens (including phenoxy) is 1. The molecule has 0 aliphatic rings. The average Bonchev–Trinajstić information content (AvgIpc) is 2.79. The fourth-order valence-electron chi connectivity index (χ4n) is 0.879. The van der Waals surface area contributed by atoms with E-state index in [1.807, 2.05) is 0 Å². The van der Waals surface area contributed by atoms with E-state index in [0.717, 1.165) is 0 Å². The number of carbonyl (C=O) groups excluding carboxylic acids is 2. The van der Waals surface area contributed by atoms with Gasteiger partial charge in [-0.25, -0.2) is 10.2 Å². The Balaban J connectivity index is 2.53. The monoisotopic (exact) mass is 224 g/mol. The molecule has 1 N–H and O–H groups in total. The van der Waals surface area contributed by atoms with Crippen molar-refractivity contribution in [3.63, 3.8) is 0 Å². The summed E-state index contributed by atoms with van der Waals surface area (Å²) in [6.45, 7) is 3.39. The molecule has 0 aliphatic heterocycles. The predicted molar refractivity (Wildman–Crippen MR) is 55.9 cm³/mol. The number of amides is 1. The van der Waals surface area contributed by atoms with E-state index in [1.165, 1.54) is 19.3 Å². The summed E-state index contributed by atoms with van der Waals surface area (Å²) in [5.41, 5.74) is 2.25. The van der Waals surface area contributed by atoms with Crippen molar-refractivity contribution in [1.29, 1.82) is 0 Å². The first-order valence-corrected chi connectivity index (χ1v) is 4.70. The van der Waals surface area contributed by atoms with Crippen LogP contribution in [0.1, 0.15) is 24.4 Å². The van der Waals surface area contributed by atoms with Crippen molar-refractivity contribution in [2.45, 2.75) is 13.8 Å². The molecule has 0 fully saturated rings. The van der Waals surface area contributed by atoms with Crippen LogP contribution >= 0.6 is 0 Å². The summed E-state index contributed by atoms with van der Waals surface area (Å²) in [5.74, 6) is -0.962. The summed E-state index contributed by atoms with van der Waals surface area (Å²) in [7, 11) is 0. The van der Waals surface area contributed by atoms with Crippen molar-refractivity contribution in [3.05, 3.63) is 24.2 Å². The van der Waals surface area contributed by atoms with Crippen LogP contribution in [0.25, 0.3) is 0 Å². The number of hydrogen-bond acceptors (Lipinski definition) is 5. The third kappa shape index (κ3) is 3.23. The molecule has 1 aromatic rings. The molecule has 0 spiro atoms. The Labute approximate surface area is 92.3 Å². The van der Waals surface area contributed by atoms with Gasteiger partial charge in [0, 0.05) is 0 Å². The van der Waals surface area contributed by atoms with Gasteiger partial charge in [0.1, 0.15) is 5.71 Å². The van der Waals surface area contributed by atoms with Crippen molar-refractivity contribution in [3.8, 4) is 0 Å². The van der Waals surface area contributed by atoms with Gasteiger partial charge in [0.05, 0.1) is 12.9 Å². The fraction of sp³-hybridized carbons (Fsp3) is 0.300. The maximum atomic E-state index is 11.3. The van der Waals surface area contributed by atoms with E-state index in [-0.39, 0.29) is 18.1 Å². The minimum atomic E-state index is -0.567. The molecule has 0 aliphatic carbocycles. The number of nitrogens with zero attached hydrogens (tertiary/aromatic N) is 1. The molecule has 0 unspecified atom stereocenters. The van der Waals surface area contributed by atoms with Crippen LogP contribution in [0.2, 0.25) is 0 Å². The Morgan fingerprint density at radius 1 is 1.56 bits per heavy atom. The summed E-state index contributed by atoms with van der Waals surface area (Å²) >= 11 is 0. The third-order valence-corrected chi connectivity index (χ3v) is 1.64. The lowest BCUT2D eigenvalue weighted by molar-refractivity contribution is -0.135. The summed E-state index contributed by atoms with van der Waals surface area (Å²) in [5, 5.41) is 3.58. The van der Waals surface area contributed by atoms with Gasteiger partial charge in [0.2, 0.25) is 0 Å². The zero-order chi connectivity index (χ0) is 12.0. The molecule has 6 nitrogen and oxygen atoms in total. The normalized spacial score (nSPS) is 11.0. The fourth-order valence-corrected chi connectivity index (χ4v) is 0.879. The minimum absolute atomic E-state index is 0.0711. The van der Waals surface area contributed by atoms with Crippen LogP contribution in [0.5, 0.6) is 0 Å². The number of hydrazone groups is 1. The molecule has 86 valence electrons. The molecule has 0 bridgehead atoms. The average molecular weight is 224 g/mol. The van der Waals surface area contributed by atoms with Crippen LogP contribution in [-0.4, -0.2) is 24.2 Å². The Kier molecular flexibility index (Phi) is 4.26. The number of rotatable bonds is 4. The minimum Gasteiger partial charge on any atom is -0.461 e. The Hall–Kier alpha value is -2.11. The SMILES string of the molecule is CCOC(=O)C(C)=NNC(=O)c1ccco1. The van der Waals surface area contributed by atoms with E-state index < -0.39 is 11.9 Å². The van der Waals surface area contributed by atoms with E-state index in [1.54, 1.807) is 13.0 Å². The first-order valence-electron chi connectivity index (χ1n) is 4.70. The number of furan rings is 1. The highest BCUT2D eigenvalue weighted by Crippen LogP contribution is 1.98. The topological polar surface area (TPSA) is 80.9 Å². The standard InChI is InChI=1S/C10H12N2O4/c1-3-15-10(14)7(2)11-12-9(13)8-5-4-6-16-8/h4-6H,3H2,1-2H3,(H,12,13). The zero-order valence-electron chi connectivity index (χ0n) is 9.02. The molecule has 1 aromatic heterocycles. The smallest absolute Gasteiger partial charge is 0.354 e.